The Bertz CT molecular complexity index is 425. The van der Waals surface area contributed by atoms with Gasteiger partial charge in [-0.25, -0.2) is 4.39 Å². The van der Waals surface area contributed by atoms with Crippen LogP contribution in [0.5, 0.6) is 0 Å². The van der Waals surface area contributed by atoms with Crippen LogP contribution >= 0.6 is 0 Å². The van der Waals surface area contributed by atoms with E-state index in [0.29, 0.717) is 13.0 Å². The van der Waals surface area contributed by atoms with E-state index in [-0.39, 0.29) is 11.7 Å². The van der Waals surface area contributed by atoms with Crippen LogP contribution in [-0.4, -0.2) is 37.0 Å². The average molecular weight is 292 g/mol. The smallest absolute Gasteiger partial charge is 0.221 e. The van der Waals surface area contributed by atoms with Gasteiger partial charge < -0.3 is 10.2 Å². The Morgan fingerprint density at radius 2 is 1.76 bits per heavy atom. The van der Waals surface area contributed by atoms with Crippen molar-refractivity contribution in [2.24, 2.45) is 0 Å². The molecule has 21 heavy (non-hydrogen) atoms. The number of likely N-dealkylation sites (tertiary alicyclic amines) is 1. The predicted molar refractivity (Wildman–Crippen MR) is 82.6 cm³/mol. The summed E-state index contributed by atoms with van der Waals surface area (Å²) in [6.07, 6.45) is 6.47. The highest BCUT2D eigenvalue weighted by Crippen LogP contribution is 2.09. The number of hydrogen-bond acceptors (Lipinski definition) is 2. The van der Waals surface area contributed by atoms with Crippen LogP contribution in [0.2, 0.25) is 0 Å². The van der Waals surface area contributed by atoms with Crippen molar-refractivity contribution in [2.45, 2.75) is 38.5 Å². The maximum atomic E-state index is 12.8. The second kappa shape index (κ2) is 8.78. The van der Waals surface area contributed by atoms with Gasteiger partial charge in [-0.3, -0.25) is 4.79 Å². The fourth-order valence-electron chi connectivity index (χ4n) is 2.71. The Balaban J connectivity index is 1.59. The Labute approximate surface area is 126 Å². The number of amides is 1. The molecule has 0 aliphatic carbocycles. The zero-order valence-corrected chi connectivity index (χ0v) is 12.6. The Morgan fingerprint density at radius 1 is 1.10 bits per heavy atom. The molecule has 0 atom stereocenters. The molecule has 1 amide bonds. The molecule has 4 heteroatoms. The van der Waals surface area contributed by atoms with Gasteiger partial charge in [0.25, 0.3) is 0 Å². The first kappa shape index (κ1) is 16.0. The van der Waals surface area contributed by atoms with E-state index in [1.165, 1.54) is 37.8 Å². The third kappa shape index (κ3) is 6.25. The third-order valence-electron chi connectivity index (χ3n) is 4.00. The van der Waals surface area contributed by atoms with Crippen LogP contribution in [0.25, 0.3) is 0 Å². The SMILES string of the molecule is O=C(CCN1CCCCCC1)NCCc1ccc(F)cc1. The number of rotatable bonds is 6. The highest BCUT2D eigenvalue weighted by molar-refractivity contribution is 5.76. The lowest BCUT2D eigenvalue weighted by atomic mass is 10.1. The molecule has 0 aromatic heterocycles. The molecule has 1 fully saturated rings. The lowest BCUT2D eigenvalue weighted by Gasteiger charge is -2.19. The van der Waals surface area contributed by atoms with Gasteiger partial charge in [-0.15, -0.1) is 0 Å². The van der Waals surface area contributed by atoms with Crippen LogP contribution in [-0.2, 0) is 11.2 Å². The molecule has 1 aliphatic rings. The van der Waals surface area contributed by atoms with Crippen molar-refractivity contribution in [3.05, 3.63) is 35.6 Å². The van der Waals surface area contributed by atoms with Gasteiger partial charge in [-0.05, 0) is 50.0 Å². The highest BCUT2D eigenvalue weighted by atomic mass is 19.1. The van der Waals surface area contributed by atoms with Gasteiger partial charge in [-0.1, -0.05) is 25.0 Å². The molecular formula is C17H25FN2O. The van der Waals surface area contributed by atoms with Crippen molar-refractivity contribution in [3.8, 4) is 0 Å². The van der Waals surface area contributed by atoms with Crippen molar-refractivity contribution in [1.82, 2.24) is 10.2 Å². The molecular weight excluding hydrogens is 267 g/mol. The lowest BCUT2D eigenvalue weighted by molar-refractivity contribution is -0.121. The molecule has 0 unspecified atom stereocenters. The van der Waals surface area contributed by atoms with E-state index in [1.54, 1.807) is 12.1 Å². The van der Waals surface area contributed by atoms with E-state index in [9.17, 15) is 9.18 Å². The first-order valence-electron chi connectivity index (χ1n) is 7.97. The Hall–Kier alpha value is -1.42. The van der Waals surface area contributed by atoms with Crippen LogP contribution in [0.15, 0.2) is 24.3 Å². The number of carbonyl (C=O) groups is 1. The minimum Gasteiger partial charge on any atom is -0.356 e. The number of nitrogens with zero attached hydrogens (tertiary/aromatic N) is 1. The van der Waals surface area contributed by atoms with E-state index in [1.807, 2.05) is 0 Å². The summed E-state index contributed by atoms with van der Waals surface area (Å²) in [5.41, 5.74) is 1.05. The zero-order chi connectivity index (χ0) is 14.9. The number of nitrogens with one attached hydrogen (secondary N) is 1. The van der Waals surface area contributed by atoms with Crippen molar-refractivity contribution < 1.29 is 9.18 Å². The first-order valence-corrected chi connectivity index (χ1v) is 7.97. The van der Waals surface area contributed by atoms with Gasteiger partial charge in [0.05, 0.1) is 0 Å². The number of hydrogen-bond donors (Lipinski definition) is 1. The number of benzene rings is 1. The summed E-state index contributed by atoms with van der Waals surface area (Å²) in [4.78, 5) is 14.2. The van der Waals surface area contributed by atoms with E-state index < -0.39 is 0 Å². The lowest BCUT2D eigenvalue weighted by Crippen LogP contribution is -2.32. The van der Waals surface area contributed by atoms with Crippen LogP contribution in [0, 0.1) is 5.82 Å². The molecule has 1 aliphatic heterocycles. The van der Waals surface area contributed by atoms with E-state index in [4.69, 9.17) is 0 Å². The summed E-state index contributed by atoms with van der Waals surface area (Å²) in [5.74, 6) is -0.110. The van der Waals surface area contributed by atoms with Crippen LogP contribution in [0.3, 0.4) is 0 Å². The Morgan fingerprint density at radius 3 is 2.43 bits per heavy atom. The molecule has 116 valence electrons. The third-order valence-corrected chi connectivity index (χ3v) is 4.00. The molecule has 1 heterocycles. The van der Waals surface area contributed by atoms with E-state index in [0.717, 1.165) is 31.6 Å². The molecule has 0 radical (unpaired) electrons. The first-order chi connectivity index (χ1) is 10.2. The van der Waals surface area contributed by atoms with Crippen molar-refractivity contribution in [1.29, 1.82) is 0 Å². The van der Waals surface area contributed by atoms with E-state index >= 15 is 0 Å². The quantitative estimate of drug-likeness (QED) is 0.874. The van der Waals surface area contributed by atoms with Crippen molar-refractivity contribution in [3.63, 3.8) is 0 Å². The molecule has 1 N–H and O–H groups in total. The maximum Gasteiger partial charge on any atom is 0.221 e. The summed E-state index contributed by atoms with van der Waals surface area (Å²) in [6.45, 7) is 3.73. The molecule has 1 saturated heterocycles. The molecule has 3 nitrogen and oxygen atoms in total. The topological polar surface area (TPSA) is 32.3 Å². The van der Waals surface area contributed by atoms with Gasteiger partial charge in [0, 0.05) is 19.5 Å². The number of halogens is 1. The summed E-state index contributed by atoms with van der Waals surface area (Å²) in [7, 11) is 0. The van der Waals surface area contributed by atoms with Gasteiger partial charge in [0.1, 0.15) is 5.82 Å². The maximum absolute atomic E-state index is 12.8. The molecule has 2 rings (SSSR count). The van der Waals surface area contributed by atoms with Crippen molar-refractivity contribution >= 4 is 5.91 Å². The van der Waals surface area contributed by atoms with E-state index in [2.05, 4.69) is 10.2 Å². The van der Waals surface area contributed by atoms with Gasteiger partial charge >= 0.3 is 0 Å². The minimum atomic E-state index is -0.222. The van der Waals surface area contributed by atoms with Gasteiger partial charge in [0.2, 0.25) is 5.91 Å². The fourth-order valence-corrected chi connectivity index (χ4v) is 2.71. The second-order valence-corrected chi connectivity index (χ2v) is 5.73. The predicted octanol–water partition coefficient (Wildman–Crippen LogP) is 2.75. The molecule has 0 saturated carbocycles. The highest BCUT2D eigenvalue weighted by Gasteiger charge is 2.10. The summed E-state index contributed by atoms with van der Waals surface area (Å²) >= 11 is 0. The standard InChI is InChI=1S/C17H25FN2O/c18-16-7-5-15(6-8-16)9-11-19-17(21)10-14-20-12-3-1-2-4-13-20/h5-8H,1-4,9-14H2,(H,19,21). The molecule has 0 bridgehead atoms. The van der Waals surface area contributed by atoms with Crippen LogP contribution in [0.1, 0.15) is 37.7 Å². The second-order valence-electron chi connectivity index (χ2n) is 5.73. The Kier molecular flexibility index (Phi) is 6.67. The van der Waals surface area contributed by atoms with Crippen LogP contribution in [0.4, 0.5) is 4.39 Å². The largest absolute Gasteiger partial charge is 0.356 e. The monoisotopic (exact) mass is 292 g/mol. The summed E-state index contributed by atoms with van der Waals surface area (Å²) in [5, 5.41) is 2.94. The normalized spacial score (nSPS) is 16.4. The fraction of sp³-hybridized carbons (Fsp3) is 0.588. The molecule has 1 aromatic rings. The van der Waals surface area contributed by atoms with Gasteiger partial charge in [0.15, 0.2) is 0 Å². The van der Waals surface area contributed by atoms with Crippen LogP contribution < -0.4 is 5.32 Å². The number of carbonyl (C=O) groups excluding carboxylic acids is 1. The van der Waals surface area contributed by atoms with Crippen molar-refractivity contribution in [2.75, 3.05) is 26.2 Å². The van der Waals surface area contributed by atoms with Gasteiger partial charge in [-0.2, -0.15) is 0 Å². The molecule has 0 spiro atoms. The summed E-state index contributed by atoms with van der Waals surface area (Å²) in [6, 6.07) is 6.43. The minimum absolute atomic E-state index is 0.112. The summed E-state index contributed by atoms with van der Waals surface area (Å²) < 4.78 is 12.8. The molecule has 1 aromatic carbocycles. The average Bonchev–Trinajstić information content (AvgIpc) is 2.76. The zero-order valence-electron chi connectivity index (χ0n) is 12.6.